The molecule has 0 N–H and O–H groups in total. The van der Waals surface area contributed by atoms with Crippen molar-refractivity contribution in [3.8, 4) is 22.3 Å². The van der Waals surface area contributed by atoms with E-state index in [0.29, 0.717) is 5.92 Å². The van der Waals surface area contributed by atoms with Gasteiger partial charge in [-0.1, -0.05) is 141 Å². The van der Waals surface area contributed by atoms with Gasteiger partial charge in [-0.05, 0) is 137 Å². The highest BCUT2D eigenvalue weighted by Crippen LogP contribution is 2.66. The minimum absolute atomic E-state index is 0.245. The van der Waals surface area contributed by atoms with Gasteiger partial charge in [0.05, 0.1) is 5.41 Å². The number of halogens is 1. The number of fused-ring (bicyclic) bond motifs is 17. The Morgan fingerprint density at radius 2 is 0.981 bits per heavy atom. The molecule has 256 valence electrons. The van der Waals surface area contributed by atoms with Crippen LogP contribution < -0.4 is 4.90 Å². The van der Waals surface area contributed by atoms with Gasteiger partial charge in [0.15, 0.2) is 0 Å². The first-order chi connectivity index (χ1) is 26.5. The molecule has 2 aliphatic carbocycles. The van der Waals surface area contributed by atoms with E-state index in [2.05, 4.69) is 170 Å². The topological polar surface area (TPSA) is 3.24 Å². The average molecular weight is 694 g/mol. The number of rotatable bonds is 4. The van der Waals surface area contributed by atoms with Gasteiger partial charge in [0.25, 0.3) is 0 Å². The fraction of sp³-hybridized carbons (Fsp3) is 0.0769. The predicted octanol–water partition coefficient (Wildman–Crippen LogP) is 14.2. The minimum Gasteiger partial charge on any atom is -0.310 e. The molecule has 9 aromatic rings. The van der Waals surface area contributed by atoms with Gasteiger partial charge in [-0.2, -0.15) is 0 Å². The Morgan fingerprint density at radius 1 is 0.444 bits per heavy atom. The molecule has 0 atom stereocenters. The van der Waals surface area contributed by atoms with Crippen LogP contribution in [-0.2, 0) is 5.41 Å². The predicted molar refractivity (Wildman–Crippen MR) is 224 cm³/mol. The molecule has 54 heavy (non-hydrogen) atoms. The molecule has 0 amide bonds. The molecule has 0 aliphatic heterocycles. The first-order valence-corrected chi connectivity index (χ1v) is 18.9. The molecule has 0 unspecified atom stereocenters. The maximum Gasteiger partial charge on any atom is 0.123 e. The summed E-state index contributed by atoms with van der Waals surface area (Å²) in [5.74, 6) is 0.183. The third-order valence-electron chi connectivity index (χ3n) is 12.1. The van der Waals surface area contributed by atoms with E-state index in [1.54, 1.807) is 12.1 Å². The summed E-state index contributed by atoms with van der Waals surface area (Å²) in [6.45, 7) is 4.43. The molecule has 0 aromatic heterocycles. The molecule has 0 saturated carbocycles. The van der Waals surface area contributed by atoms with Gasteiger partial charge in [0, 0.05) is 17.1 Å². The van der Waals surface area contributed by atoms with Crippen LogP contribution >= 0.6 is 0 Å². The maximum atomic E-state index is 14.3. The molecule has 2 heteroatoms. The van der Waals surface area contributed by atoms with Gasteiger partial charge in [-0.15, -0.1) is 0 Å². The van der Waals surface area contributed by atoms with Crippen molar-refractivity contribution in [3.05, 3.63) is 210 Å². The molecule has 0 radical (unpaired) electrons. The van der Waals surface area contributed by atoms with Gasteiger partial charge in [0.1, 0.15) is 5.82 Å². The minimum atomic E-state index is -0.522. The van der Waals surface area contributed by atoms with Crippen LogP contribution in [0.3, 0.4) is 0 Å². The second kappa shape index (κ2) is 11.5. The van der Waals surface area contributed by atoms with Crippen LogP contribution in [0.1, 0.15) is 47.6 Å². The van der Waals surface area contributed by atoms with Crippen LogP contribution in [-0.4, -0.2) is 0 Å². The highest BCUT2D eigenvalue weighted by molar-refractivity contribution is 6.21. The van der Waals surface area contributed by atoms with Crippen LogP contribution in [0.25, 0.3) is 54.6 Å². The lowest BCUT2D eigenvalue weighted by atomic mass is 9.68. The van der Waals surface area contributed by atoms with Gasteiger partial charge in [0.2, 0.25) is 0 Å². The lowest BCUT2D eigenvalue weighted by Gasteiger charge is -2.33. The number of anilines is 3. The standard InChI is InChI=1S/C52H36FN/c1-32(2)33-19-24-36(25-20-33)54(37-26-22-35(53)23-27-37)38-28-30-39-34(31-38)21-29-46-49-44-15-5-3-11-40(44)41-12-4-6-16-45(41)51(49)52(50(39)46)47-17-9-7-13-42(47)43-14-8-10-18-48(43)52/h3-32H,1-2H3. The maximum absolute atomic E-state index is 14.3. The summed E-state index contributed by atoms with van der Waals surface area (Å²) in [6, 6.07) is 63.2. The second-order valence-corrected chi connectivity index (χ2v) is 15.1. The molecule has 1 spiro atoms. The lowest BCUT2D eigenvalue weighted by molar-refractivity contribution is 0.628. The summed E-state index contributed by atoms with van der Waals surface area (Å²) >= 11 is 0. The monoisotopic (exact) mass is 693 g/mol. The number of nitrogens with zero attached hydrogens (tertiary/aromatic N) is 1. The van der Waals surface area contributed by atoms with Crippen LogP contribution in [0.4, 0.5) is 21.5 Å². The van der Waals surface area contributed by atoms with E-state index in [0.717, 1.165) is 17.1 Å². The van der Waals surface area contributed by atoms with Crippen LogP contribution in [0, 0.1) is 5.82 Å². The second-order valence-electron chi connectivity index (χ2n) is 15.1. The van der Waals surface area contributed by atoms with Gasteiger partial charge in [-0.3, -0.25) is 0 Å². The van der Waals surface area contributed by atoms with E-state index in [-0.39, 0.29) is 5.82 Å². The van der Waals surface area contributed by atoms with Crippen molar-refractivity contribution in [1.29, 1.82) is 0 Å². The van der Waals surface area contributed by atoms with Crippen molar-refractivity contribution in [2.45, 2.75) is 25.2 Å². The van der Waals surface area contributed by atoms with E-state index >= 15 is 0 Å². The van der Waals surface area contributed by atoms with Gasteiger partial charge in [-0.25, -0.2) is 4.39 Å². The molecule has 0 bridgehead atoms. The summed E-state index contributed by atoms with van der Waals surface area (Å²) in [6.07, 6.45) is 0. The lowest BCUT2D eigenvalue weighted by Crippen LogP contribution is -2.26. The number of benzene rings is 9. The van der Waals surface area contributed by atoms with Crippen LogP contribution in [0.15, 0.2) is 176 Å². The van der Waals surface area contributed by atoms with Crippen molar-refractivity contribution in [3.63, 3.8) is 0 Å². The highest BCUT2D eigenvalue weighted by Gasteiger charge is 2.53. The quantitative estimate of drug-likeness (QED) is 0.166. The van der Waals surface area contributed by atoms with E-state index in [1.807, 2.05) is 12.1 Å². The summed E-state index contributed by atoms with van der Waals surface area (Å²) in [4.78, 5) is 2.24. The fourth-order valence-electron chi connectivity index (χ4n) is 9.82. The van der Waals surface area contributed by atoms with E-state index in [9.17, 15) is 4.39 Å². The zero-order chi connectivity index (χ0) is 36.1. The van der Waals surface area contributed by atoms with Crippen LogP contribution in [0.2, 0.25) is 0 Å². The average Bonchev–Trinajstić information content (AvgIpc) is 3.70. The molecule has 11 rings (SSSR count). The highest BCUT2D eigenvalue weighted by atomic mass is 19.1. The van der Waals surface area contributed by atoms with E-state index < -0.39 is 5.41 Å². The van der Waals surface area contributed by atoms with E-state index in [4.69, 9.17) is 0 Å². The first-order valence-electron chi connectivity index (χ1n) is 18.9. The Bertz CT molecular complexity index is 2930. The molecule has 0 saturated heterocycles. The largest absolute Gasteiger partial charge is 0.310 e. The zero-order valence-electron chi connectivity index (χ0n) is 30.1. The summed E-state index contributed by atoms with van der Waals surface area (Å²) in [5, 5.41) is 7.55. The normalized spacial score (nSPS) is 13.4. The SMILES string of the molecule is CC(C)c1ccc(N(c2ccc(F)cc2)c2ccc3c4c(ccc3c2)-c2c(c3ccccc3c3ccccc23)C42c3ccccc3-c3ccccc32)cc1. The summed E-state index contributed by atoms with van der Waals surface area (Å²) in [7, 11) is 0. The Balaban J connectivity index is 1.24. The number of hydrogen-bond acceptors (Lipinski definition) is 1. The molecular weight excluding hydrogens is 658 g/mol. The Morgan fingerprint density at radius 3 is 1.63 bits per heavy atom. The van der Waals surface area contributed by atoms with Gasteiger partial charge >= 0.3 is 0 Å². The molecular formula is C52H36FN. The van der Waals surface area contributed by atoms with Crippen LogP contribution in [0.5, 0.6) is 0 Å². The molecule has 0 fully saturated rings. The summed E-state index contributed by atoms with van der Waals surface area (Å²) < 4.78 is 14.3. The zero-order valence-corrected chi connectivity index (χ0v) is 30.1. The van der Waals surface area contributed by atoms with Gasteiger partial charge < -0.3 is 4.90 Å². The van der Waals surface area contributed by atoms with Crippen molar-refractivity contribution >= 4 is 49.4 Å². The fourth-order valence-corrected chi connectivity index (χ4v) is 9.82. The molecule has 2 aliphatic rings. The molecule has 9 aromatic carbocycles. The van der Waals surface area contributed by atoms with Crippen molar-refractivity contribution in [2.24, 2.45) is 0 Å². The smallest absolute Gasteiger partial charge is 0.123 e. The third kappa shape index (κ3) is 4.14. The van der Waals surface area contributed by atoms with Crippen molar-refractivity contribution in [2.75, 3.05) is 4.90 Å². The van der Waals surface area contributed by atoms with Crippen molar-refractivity contribution < 1.29 is 4.39 Å². The third-order valence-corrected chi connectivity index (χ3v) is 12.1. The summed E-state index contributed by atoms with van der Waals surface area (Å²) in [5.41, 5.74) is 14.3. The first kappa shape index (κ1) is 31.1. The molecule has 1 nitrogen and oxygen atoms in total. The Hall–Kier alpha value is -6.51. The molecule has 0 heterocycles. The van der Waals surface area contributed by atoms with Crippen molar-refractivity contribution in [1.82, 2.24) is 0 Å². The Kier molecular flexibility index (Phi) is 6.61. The Labute approximate surface area is 314 Å². The number of hydrogen-bond donors (Lipinski definition) is 0. The van der Waals surface area contributed by atoms with E-state index in [1.165, 1.54) is 82.4 Å².